The summed E-state index contributed by atoms with van der Waals surface area (Å²) in [6.45, 7) is 2.80. The van der Waals surface area contributed by atoms with Crippen molar-refractivity contribution < 1.29 is 29.0 Å². The zero-order chi connectivity index (χ0) is 21.8. The number of carbonyl (C=O) groups is 4. The molecule has 2 aliphatic rings. The predicted octanol–water partition coefficient (Wildman–Crippen LogP) is 0.801. The molecule has 3 N–H and O–H groups in total. The highest BCUT2D eigenvalue weighted by atomic mass is 16.5. The molecule has 4 amide bonds. The van der Waals surface area contributed by atoms with Gasteiger partial charge in [0, 0.05) is 17.4 Å². The molecule has 0 radical (unpaired) electrons. The molecule has 1 saturated heterocycles. The SMILES string of the molecule is COc1ccc2[nH]c3c(c2c1)CCN1C(=O)N(C(C)C(=O)NCC(=O)O)C(=O)C31C. The molecule has 3 heterocycles. The summed E-state index contributed by atoms with van der Waals surface area (Å²) in [6.07, 6.45) is 0.546. The molecule has 10 nitrogen and oxygen atoms in total. The van der Waals surface area contributed by atoms with Crippen molar-refractivity contribution >= 4 is 34.7 Å². The minimum absolute atomic E-state index is 0.318. The molecule has 2 aromatic rings. The summed E-state index contributed by atoms with van der Waals surface area (Å²) in [6, 6.07) is 3.86. The number of ether oxygens (including phenoxy) is 1. The molecule has 158 valence electrons. The lowest BCUT2D eigenvalue weighted by Crippen LogP contribution is -2.50. The Balaban J connectivity index is 1.74. The van der Waals surface area contributed by atoms with Gasteiger partial charge < -0.3 is 25.0 Å². The quantitative estimate of drug-likeness (QED) is 0.620. The van der Waals surface area contributed by atoms with Crippen LogP contribution in [-0.4, -0.2) is 69.9 Å². The fourth-order valence-corrected chi connectivity index (χ4v) is 4.34. The summed E-state index contributed by atoms with van der Waals surface area (Å²) in [5.41, 5.74) is 1.11. The number of nitrogens with zero attached hydrogens (tertiary/aromatic N) is 2. The Morgan fingerprint density at radius 2 is 2.10 bits per heavy atom. The molecule has 0 spiro atoms. The molecule has 0 aliphatic carbocycles. The van der Waals surface area contributed by atoms with E-state index in [-0.39, 0.29) is 0 Å². The van der Waals surface area contributed by atoms with E-state index in [0.717, 1.165) is 21.4 Å². The van der Waals surface area contributed by atoms with Gasteiger partial charge in [-0.05, 0) is 44.0 Å². The number of nitrogens with one attached hydrogen (secondary N) is 2. The summed E-state index contributed by atoms with van der Waals surface area (Å²) in [5.74, 6) is -1.75. The molecule has 2 unspecified atom stereocenters. The van der Waals surface area contributed by atoms with Crippen LogP contribution < -0.4 is 10.1 Å². The van der Waals surface area contributed by atoms with Gasteiger partial charge in [-0.15, -0.1) is 0 Å². The van der Waals surface area contributed by atoms with Crippen LogP contribution in [0.25, 0.3) is 10.9 Å². The summed E-state index contributed by atoms with van der Waals surface area (Å²) >= 11 is 0. The van der Waals surface area contributed by atoms with Gasteiger partial charge in [-0.25, -0.2) is 9.69 Å². The Bertz CT molecular complexity index is 1090. The minimum atomic E-state index is -1.28. The number of aromatic nitrogens is 1. The molecule has 1 fully saturated rings. The fraction of sp³-hybridized carbons (Fsp3) is 0.400. The summed E-state index contributed by atoms with van der Waals surface area (Å²) in [5, 5.41) is 11.9. The number of fused-ring (bicyclic) bond motifs is 5. The molecule has 0 saturated carbocycles. The number of benzene rings is 1. The van der Waals surface area contributed by atoms with Crippen LogP contribution in [0.1, 0.15) is 25.1 Å². The number of methoxy groups -OCH3 is 1. The lowest BCUT2D eigenvalue weighted by atomic mass is 9.87. The first-order valence-corrected chi connectivity index (χ1v) is 9.54. The second-order valence-corrected chi connectivity index (χ2v) is 7.61. The number of carboxylic acid groups (broad SMARTS) is 1. The standard InChI is InChI=1S/C20H22N4O6/c1-10(17(27)21-9-15(25)26)24-18(28)20(2)16-12(6-7-23(20)19(24)29)13-8-11(30-3)4-5-14(13)22-16/h4-5,8,10,22H,6-7,9H2,1-3H3,(H,21,27)(H,25,26). The lowest BCUT2D eigenvalue weighted by Gasteiger charge is -2.36. The third-order valence-corrected chi connectivity index (χ3v) is 5.98. The average Bonchev–Trinajstić information content (AvgIpc) is 3.19. The molecule has 0 bridgehead atoms. The number of carbonyl (C=O) groups excluding carboxylic acids is 3. The number of H-pyrrole nitrogens is 1. The van der Waals surface area contributed by atoms with E-state index < -0.39 is 41.9 Å². The number of amides is 4. The minimum Gasteiger partial charge on any atom is -0.497 e. The van der Waals surface area contributed by atoms with E-state index in [9.17, 15) is 19.2 Å². The van der Waals surface area contributed by atoms with Gasteiger partial charge in [0.1, 0.15) is 18.3 Å². The van der Waals surface area contributed by atoms with Crippen molar-refractivity contribution in [1.82, 2.24) is 20.1 Å². The molecular formula is C20H22N4O6. The molecule has 10 heteroatoms. The van der Waals surface area contributed by atoms with Gasteiger partial charge in [0.15, 0.2) is 5.54 Å². The number of hydrogen-bond donors (Lipinski definition) is 3. The van der Waals surface area contributed by atoms with E-state index in [1.54, 1.807) is 14.0 Å². The molecule has 1 aromatic carbocycles. The van der Waals surface area contributed by atoms with E-state index in [4.69, 9.17) is 9.84 Å². The maximum Gasteiger partial charge on any atom is 0.328 e. The van der Waals surface area contributed by atoms with Crippen LogP contribution in [0, 0.1) is 0 Å². The zero-order valence-corrected chi connectivity index (χ0v) is 16.8. The highest BCUT2D eigenvalue weighted by Gasteiger charge is 2.60. The van der Waals surface area contributed by atoms with Gasteiger partial charge in [-0.3, -0.25) is 14.4 Å². The number of urea groups is 1. The van der Waals surface area contributed by atoms with Crippen molar-refractivity contribution in [2.45, 2.75) is 31.8 Å². The van der Waals surface area contributed by atoms with E-state index in [0.29, 0.717) is 24.4 Å². The van der Waals surface area contributed by atoms with Crippen LogP contribution in [-0.2, 0) is 26.3 Å². The molecule has 2 atom stereocenters. The number of carboxylic acids is 1. The summed E-state index contributed by atoms with van der Waals surface area (Å²) < 4.78 is 5.31. The average molecular weight is 414 g/mol. The third kappa shape index (κ3) is 2.63. The van der Waals surface area contributed by atoms with Crippen LogP contribution in [0.5, 0.6) is 5.75 Å². The fourth-order valence-electron chi connectivity index (χ4n) is 4.34. The van der Waals surface area contributed by atoms with Crippen LogP contribution in [0.3, 0.4) is 0 Å². The van der Waals surface area contributed by atoms with E-state index >= 15 is 0 Å². The predicted molar refractivity (Wildman–Crippen MR) is 105 cm³/mol. The highest BCUT2D eigenvalue weighted by molar-refractivity contribution is 6.11. The second kappa shape index (κ2) is 6.75. The van der Waals surface area contributed by atoms with Crippen molar-refractivity contribution in [2.24, 2.45) is 0 Å². The third-order valence-electron chi connectivity index (χ3n) is 5.98. The zero-order valence-electron chi connectivity index (χ0n) is 16.8. The molecule has 30 heavy (non-hydrogen) atoms. The van der Waals surface area contributed by atoms with Crippen molar-refractivity contribution in [2.75, 3.05) is 20.2 Å². The van der Waals surface area contributed by atoms with Crippen LogP contribution in [0.15, 0.2) is 18.2 Å². The Morgan fingerprint density at radius 1 is 1.37 bits per heavy atom. The van der Waals surface area contributed by atoms with Crippen LogP contribution in [0.2, 0.25) is 0 Å². The number of aliphatic carboxylic acids is 1. The van der Waals surface area contributed by atoms with Gasteiger partial charge >= 0.3 is 12.0 Å². The maximum absolute atomic E-state index is 13.4. The Labute approximate surface area is 171 Å². The van der Waals surface area contributed by atoms with Crippen molar-refractivity contribution in [3.05, 3.63) is 29.5 Å². The normalized spacial score (nSPS) is 21.4. The molecular weight excluding hydrogens is 392 g/mol. The lowest BCUT2D eigenvalue weighted by molar-refractivity contribution is -0.140. The van der Waals surface area contributed by atoms with Crippen LogP contribution >= 0.6 is 0 Å². The second-order valence-electron chi connectivity index (χ2n) is 7.61. The highest BCUT2D eigenvalue weighted by Crippen LogP contribution is 2.45. The van der Waals surface area contributed by atoms with Crippen molar-refractivity contribution in [1.29, 1.82) is 0 Å². The Morgan fingerprint density at radius 3 is 2.77 bits per heavy atom. The van der Waals surface area contributed by atoms with Gasteiger partial charge in [0.25, 0.3) is 5.91 Å². The Hall–Kier alpha value is -3.56. The van der Waals surface area contributed by atoms with Crippen molar-refractivity contribution in [3.63, 3.8) is 0 Å². The molecule has 1 aromatic heterocycles. The molecule has 4 rings (SSSR count). The van der Waals surface area contributed by atoms with Gasteiger partial charge in [0.2, 0.25) is 5.91 Å². The first-order valence-electron chi connectivity index (χ1n) is 9.54. The first kappa shape index (κ1) is 19.7. The topological polar surface area (TPSA) is 132 Å². The number of imide groups is 1. The number of hydrogen-bond acceptors (Lipinski definition) is 5. The number of aromatic amines is 1. The Kier molecular flexibility index (Phi) is 4.44. The monoisotopic (exact) mass is 414 g/mol. The van der Waals surface area contributed by atoms with E-state index in [2.05, 4.69) is 10.3 Å². The summed E-state index contributed by atoms with van der Waals surface area (Å²) in [4.78, 5) is 55.2. The van der Waals surface area contributed by atoms with Gasteiger partial charge in [-0.1, -0.05) is 0 Å². The maximum atomic E-state index is 13.4. The van der Waals surface area contributed by atoms with Gasteiger partial charge in [-0.2, -0.15) is 0 Å². The number of rotatable bonds is 5. The van der Waals surface area contributed by atoms with Crippen molar-refractivity contribution in [3.8, 4) is 5.75 Å². The smallest absolute Gasteiger partial charge is 0.328 e. The van der Waals surface area contributed by atoms with Gasteiger partial charge in [0.05, 0.1) is 12.8 Å². The van der Waals surface area contributed by atoms with Crippen LogP contribution in [0.4, 0.5) is 4.79 Å². The summed E-state index contributed by atoms with van der Waals surface area (Å²) in [7, 11) is 1.58. The van der Waals surface area contributed by atoms with E-state index in [1.807, 2.05) is 18.2 Å². The largest absolute Gasteiger partial charge is 0.497 e. The first-order chi connectivity index (χ1) is 14.2. The molecule has 2 aliphatic heterocycles. The van der Waals surface area contributed by atoms with E-state index in [1.165, 1.54) is 11.8 Å².